The van der Waals surface area contributed by atoms with Gasteiger partial charge in [0.15, 0.2) is 17.9 Å². The molecule has 4 aromatic heterocycles. The van der Waals surface area contributed by atoms with Crippen molar-refractivity contribution in [2.24, 2.45) is 0 Å². The van der Waals surface area contributed by atoms with E-state index in [0.29, 0.717) is 44.4 Å². The van der Waals surface area contributed by atoms with E-state index in [1.54, 1.807) is 17.4 Å². The first-order valence-corrected chi connectivity index (χ1v) is 18.6. The van der Waals surface area contributed by atoms with E-state index < -0.39 is 10.0 Å². The third-order valence-corrected chi connectivity index (χ3v) is 11.4. The van der Waals surface area contributed by atoms with Crippen LogP contribution in [-0.4, -0.2) is 129 Å². The molecule has 0 spiro atoms. The van der Waals surface area contributed by atoms with Gasteiger partial charge in [0, 0.05) is 63.8 Å². The molecule has 3 fully saturated rings. The molecule has 7 heterocycles. The SMILES string of the molecule is C.C.CS(=O)(=O)N1CCN(Cc2cc3nc(Cl)nc(N4CCOCC4)c3s2)CC1.O=Cc1cc2nc(Cl)nc(N3CCOCC3)c2s1. The molecule has 0 radical (unpaired) electrons. The lowest BCUT2D eigenvalue weighted by molar-refractivity contribution is 0.112. The fourth-order valence-corrected chi connectivity index (χ4v) is 8.65. The van der Waals surface area contributed by atoms with E-state index >= 15 is 0 Å². The molecule has 258 valence electrons. The molecule has 0 unspecified atom stereocenters. The van der Waals surface area contributed by atoms with E-state index in [9.17, 15) is 13.2 Å². The highest BCUT2D eigenvalue weighted by Gasteiger charge is 2.25. The van der Waals surface area contributed by atoms with Crippen LogP contribution in [0.15, 0.2) is 12.1 Å². The minimum atomic E-state index is -3.10. The van der Waals surface area contributed by atoms with Gasteiger partial charge in [0.2, 0.25) is 20.6 Å². The summed E-state index contributed by atoms with van der Waals surface area (Å²) in [5.41, 5.74) is 1.59. The highest BCUT2D eigenvalue weighted by atomic mass is 35.5. The summed E-state index contributed by atoms with van der Waals surface area (Å²) in [5.74, 6) is 1.68. The monoisotopic (exact) mass is 746 g/mol. The molecule has 0 bridgehead atoms. The Morgan fingerprint density at radius 3 is 1.74 bits per heavy atom. The first kappa shape index (κ1) is 37.5. The zero-order valence-corrected chi connectivity index (χ0v) is 28.5. The molecule has 0 aliphatic carbocycles. The standard InChI is InChI=1S/C16H22ClN5O3S2.C11H10ClN3O2S.2CH4/c1-27(23,24)22-4-2-20(3-5-22)11-12-10-13-14(26-12)15(19-16(17)18-13)21-6-8-25-9-7-21;12-11-13-8-5-7(6-16)18-9(8)10(14-11)15-1-3-17-4-2-15;;/h10H,2-9,11H2,1H3;5-6H,1-4H2;2*1H4. The maximum atomic E-state index is 11.7. The van der Waals surface area contributed by atoms with Crippen molar-refractivity contribution >= 4 is 94.3 Å². The number of fused-ring (bicyclic) bond motifs is 2. The Bertz CT molecular complexity index is 1770. The highest BCUT2D eigenvalue weighted by molar-refractivity contribution is 7.88. The van der Waals surface area contributed by atoms with Gasteiger partial charge in [-0.3, -0.25) is 9.69 Å². The van der Waals surface area contributed by atoms with Crippen LogP contribution in [0, 0.1) is 0 Å². The Kier molecular flexibility index (Phi) is 13.1. The predicted molar refractivity (Wildman–Crippen MR) is 191 cm³/mol. The van der Waals surface area contributed by atoms with E-state index in [-0.39, 0.29) is 25.4 Å². The second-order valence-electron chi connectivity index (χ2n) is 10.7. The van der Waals surface area contributed by atoms with E-state index in [4.69, 9.17) is 32.7 Å². The number of halogens is 2. The lowest BCUT2D eigenvalue weighted by Crippen LogP contribution is -2.47. The summed E-state index contributed by atoms with van der Waals surface area (Å²) in [6.45, 7) is 9.16. The summed E-state index contributed by atoms with van der Waals surface area (Å²) in [6.07, 6.45) is 2.09. The number of aromatic nitrogens is 4. The number of carbonyl (C=O) groups is 1. The van der Waals surface area contributed by atoms with Crippen LogP contribution in [0.2, 0.25) is 10.6 Å². The van der Waals surface area contributed by atoms with Crippen LogP contribution in [0.5, 0.6) is 0 Å². The van der Waals surface area contributed by atoms with Gasteiger partial charge in [-0.25, -0.2) is 18.4 Å². The fraction of sp³-hybridized carbons (Fsp3) is 0.552. The Labute approximate surface area is 293 Å². The van der Waals surface area contributed by atoms with Gasteiger partial charge in [-0.15, -0.1) is 22.7 Å². The Hall–Kier alpha value is -2.28. The van der Waals surface area contributed by atoms with Crippen LogP contribution in [-0.2, 0) is 26.0 Å². The maximum Gasteiger partial charge on any atom is 0.224 e. The van der Waals surface area contributed by atoms with Gasteiger partial charge in [-0.05, 0) is 35.3 Å². The molecular formula is C29H40Cl2N8O5S3. The van der Waals surface area contributed by atoms with Crippen LogP contribution in [0.4, 0.5) is 11.6 Å². The van der Waals surface area contributed by atoms with Gasteiger partial charge >= 0.3 is 0 Å². The van der Waals surface area contributed by atoms with Crippen LogP contribution in [0.25, 0.3) is 20.4 Å². The molecule has 3 aliphatic rings. The fourth-order valence-electron chi connectivity index (χ4n) is 5.40. The largest absolute Gasteiger partial charge is 0.378 e. The number of nitrogens with zero attached hydrogens (tertiary/aromatic N) is 8. The van der Waals surface area contributed by atoms with Crippen molar-refractivity contribution in [3.8, 4) is 0 Å². The van der Waals surface area contributed by atoms with Crippen molar-refractivity contribution in [2.75, 3.05) is 94.8 Å². The number of anilines is 2. The number of thiophene rings is 2. The number of ether oxygens (including phenoxy) is 2. The Morgan fingerprint density at radius 2 is 1.26 bits per heavy atom. The third kappa shape index (κ3) is 9.05. The lowest BCUT2D eigenvalue weighted by Gasteiger charge is -2.32. The van der Waals surface area contributed by atoms with Gasteiger partial charge < -0.3 is 19.3 Å². The normalized spacial score (nSPS) is 17.9. The number of morpholine rings is 2. The van der Waals surface area contributed by atoms with Crippen molar-refractivity contribution in [3.63, 3.8) is 0 Å². The zero-order valence-electron chi connectivity index (χ0n) is 24.5. The molecule has 4 aromatic rings. The topological polar surface area (TPSA) is 134 Å². The molecule has 0 atom stereocenters. The summed E-state index contributed by atoms with van der Waals surface area (Å²) in [5, 5.41) is 0.467. The summed E-state index contributed by atoms with van der Waals surface area (Å²) < 4.78 is 37.6. The molecule has 7 rings (SSSR count). The van der Waals surface area contributed by atoms with Crippen LogP contribution in [0.3, 0.4) is 0 Å². The number of aldehydes is 1. The number of piperazine rings is 1. The van der Waals surface area contributed by atoms with Crippen LogP contribution >= 0.6 is 45.9 Å². The molecule has 0 N–H and O–H groups in total. The third-order valence-electron chi connectivity index (χ3n) is 7.64. The summed E-state index contributed by atoms with van der Waals surface area (Å²) in [4.78, 5) is 36.6. The molecule has 0 aromatic carbocycles. The highest BCUT2D eigenvalue weighted by Crippen LogP contribution is 2.35. The molecule has 3 aliphatic heterocycles. The average molecular weight is 748 g/mol. The van der Waals surface area contributed by atoms with Crippen LogP contribution < -0.4 is 9.80 Å². The Morgan fingerprint density at radius 1 is 0.766 bits per heavy atom. The van der Waals surface area contributed by atoms with Gasteiger partial charge in [0.25, 0.3) is 0 Å². The first-order valence-electron chi connectivity index (χ1n) is 14.4. The number of hydrogen-bond acceptors (Lipinski definition) is 14. The lowest BCUT2D eigenvalue weighted by atomic mass is 10.3. The summed E-state index contributed by atoms with van der Waals surface area (Å²) >= 11 is 15.2. The van der Waals surface area contributed by atoms with Crippen LogP contribution in [0.1, 0.15) is 29.4 Å². The van der Waals surface area contributed by atoms with Gasteiger partial charge in [-0.1, -0.05) is 14.9 Å². The second-order valence-corrected chi connectivity index (χ2v) is 15.6. The first-order chi connectivity index (χ1) is 21.7. The molecular weight excluding hydrogens is 707 g/mol. The van der Waals surface area contributed by atoms with Crippen molar-refractivity contribution in [1.29, 1.82) is 0 Å². The minimum Gasteiger partial charge on any atom is -0.378 e. The summed E-state index contributed by atoms with van der Waals surface area (Å²) in [6, 6.07) is 3.81. The number of rotatable bonds is 6. The van der Waals surface area contributed by atoms with E-state index in [1.165, 1.54) is 26.8 Å². The van der Waals surface area contributed by atoms with Gasteiger partial charge in [-0.2, -0.15) is 14.3 Å². The average Bonchev–Trinajstić information content (AvgIpc) is 3.64. The molecule has 47 heavy (non-hydrogen) atoms. The summed E-state index contributed by atoms with van der Waals surface area (Å²) in [7, 11) is -3.10. The van der Waals surface area contributed by atoms with Gasteiger partial charge in [0.1, 0.15) is 0 Å². The predicted octanol–water partition coefficient (Wildman–Crippen LogP) is 4.52. The number of hydrogen-bond donors (Lipinski definition) is 0. The second kappa shape index (κ2) is 16.4. The molecule has 0 saturated carbocycles. The number of sulfonamides is 1. The van der Waals surface area contributed by atoms with E-state index in [2.05, 4.69) is 40.7 Å². The minimum absolute atomic E-state index is 0. The quantitative estimate of drug-likeness (QED) is 0.203. The van der Waals surface area contributed by atoms with Crippen molar-refractivity contribution in [2.45, 2.75) is 21.4 Å². The zero-order chi connectivity index (χ0) is 31.6. The van der Waals surface area contributed by atoms with E-state index in [0.717, 1.165) is 84.2 Å². The number of carbonyl (C=O) groups excluding carboxylic acids is 1. The van der Waals surface area contributed by atoms with Crippen molar-refractivity contribution in [1.82, 2.24) is 29.1 Å². The molecule has 3 saturated heterocycles. The smallest absolute Gasteiger partial charge is 0.224 e. The van der Waals surface area contributed by atoms with Gasteiger partial charge in [0.05, 0.1) is 58.0 Å². The Balaban J connectivity index is 0.000000219. The molecule has 18 heteroatoms. The van der Waals surface area contributed by atoms with Crippen molar-refractivity contribution in [3.05, 3.63) is 32.5 Å². The molecule has 13 nitrogen and oxygen atoms in total. The van der Waals surface area contributed by atoms with Crippen molar-refractivity contribution < 1.29 is 22.7 Å². The molecule has 0 amide bonds. The maximum absolute atomic E-state index is 11.7. The van der Waals surface area contributed by atoms with E-state index in [1.807, 2.05) is 0 Å².